The summed E-state index contributed by atoms with van der Waals surface area (Å²) in [4.78, 5) is 15.4. The number of rotatable bonds is 5. The van der Waals surface area contributed by atoms with Crippen LogP contribution in [0.25, 0.3) is 87.4 Å². The SMILES string of the molecule is c1ccc(-c2nc(-c3ccc(C4(c5ccc6c(c5)sc5ccccc56)c5ccccc5-c5ccccc54)cc3)nc(-c3cccc4oc5ccccc5c34)n2)cc1. The molecule has 0 unspecified atom stereocenters. The first kappa shape index (κ1) is 32.1. The lowest BCUT2D eigenvalue weighted by Gasteiger charge is -2.34. The van der Waals surface area contributed by atoms with Gasteiger partial charge in [-0.3, -0.25) is 0 Å². The van der Waals surface area contributed by atoms with E-state index in [2.05, 4.69) is 127 Å². The highest BCUT2D eigenvalue weighted by atomic mass is 32.1. The van der Waals surface area contributed by atoms with Crippen LogP contribution >= 0.6 is 11.3 Å². The molecule has 0 radical (unpaired) electrons. The van der Waals surface area contributed by atoms with Gasteiger partial charge in [-0.2, -0.15) is 0 Å². The van der Waals surface area contributed by atoms with Crippen LogP contribution in [0.5, 0.6) is 0 Å². The van der Waals surface area contributed by atoms with Gasteiger partial charge in [-0.25, -0.2) is 15.0 Å². The summed E-state index contributed by atoms with van der Waals surface area (Å²) in [5, 5.41) is 4.63. The van der Waals surface area contributed by atoms with Crippen LogP contribution in [-0.2, 0) is 5.41 Å². The van der Waals surface area contributed by atoms with Gasteiger partial charge in [-0.1, -0.05) is 164 Å². The van der Waals surface area contributed by atoms with E-state index in [9.17, 15) is 0 Å². The first-order valence-electron chi connectivity index (χ1n) is 19.2. The lowest BCUT2D eigenvalue weighted by molar-refractivity contribution is 0.669. The molecule has 4 nitrogen and oxygen atoms in total. The number of nitrogens with zero attached hydrogens (tertiary/aromatic N) is 3. The fourth-order valence-corrected chi connectivity index (χ4v) is 10.3. The molecule has 0 saturated heterocycles. The predicted octanol–water partition coefficient (Wildman–Crippen LogP) is 13.5. The Morgan fingerprint density at radius 3 is 1.72 bits per heavy atom. The summed E-state index contributed by atoms with van der Waals surface area (Å²) >= 11 is 1.86. The van der Waals surface area contributed by atoms with Gasteiger partial charge >= 0.3 is 0 Å². The van der Waals surface area contributed by atoms with Gasteiger partial charge in [0.15, 0.2) is 17.5 Å². The molecule has 3 aromatic heterocycles. The molecule has 3 heterocycles. The van der Waals surface area contributed by atoms with E-state index in [1.807, 2.05) is 72.0 Å². The van der Waals surface area contributed by atoms with Crippen LogP contribution in [-0.4, -0.2) is 15.0 Å². The minimum atomic E-state index is -0.534. The van der Waals surface area contributed by atoms with Crippen molar-refractivity contribution in [1.29, 1.82) is 0 Å². The first-order valence-corrected chi connectivity index (χ1v) is 20.0. The van der Waals surface area contributed by atoms with Crippen LogP contribution in [0.15, 0.2) is 192 Å². The molecule has 0 aliphatic heterocycles. The molecular formula is C52H31N3OS. The van der Waals surface area contributed by atoms with Crippen molar-refractivity contribution in [2.45, 2.75) is 5.41 Å². The van der Waals surface area contributed by atoms with Gasteiger partial charge in [0.1, 0.15) is 11.2 Å². The number of aromatic nitrogens is 3. The number of hydrogen-bond acceptors (Lipinski definition) is 5. The maximum absolute atomic E-state index is 6.27. The second kappa shape index (κ2) is 12.4. The van der Waals surface area contributed by atoms with Gasteiger partial charge < -0.3 is 4.42 Å². The number of para-hydroxylation sites is 1. The summed E-state index contributed by atoms with van der Waals surface area (Å²) < 4.78 is 8.87. The molecule has 266 valence electrons. The molecule has 11 aromatic rings. The Balaban J connectivity index is 1.07. The number of furan rings is 1. The van der Waals surface area contributed by atoms with Crippen LogP contribution < -0.4 is 0 Å². The summed E-state index contributed by atoms with van der Waals surface area (Å²) in [5.41, 5.74) is 11.4. The monoisotopic (exact) mass is 745 g/mol. The van der Waals surface area contributed by atoms with Crippen LogP contribution in [0.4, 0.5) is 0 Å². The molecule has 5 heteroatoms. The van der Waals surface area contributed by atoms with Crippen molar-refractivity contribution in [2.75, 3.05) is 0 Å². The van der Waals surface area contributed by atoms with E-state index < -0.39 is 5.41 Å². The van der Waals surface area contributed by atoms with E-state index in [1.165, 1.54) is 53.6 Å². The molecule has 1 aliphatic rings. The van der Waals surface area contributed by atoms with E-state index in [1.54, 1.807) is 0 Å². The van der Waals surface area contributed by atoms with Crippen molar-refractivity contribution in [3.63, 3.8) is 0 Å². The maximum Gasteiger partial charge on any atom is 0.164 e. The zero-order chi connectivity index (χ0) is 37.5. The van der Waals surface area contributed by atoms with Crippen molar-refractivity contribution in [3.05, 3.63) is 210 Å². The summed E-state index contributed by atoms with van der Waals surface area (Å²) in [6.45, 7) is 0. The molecule has 8 aromatic carbocycles. The standard InChI is InChI=1S/C52H31N3OS/c1-2-13-32(14-3-1)49-53-50(55-51(54-49)41-19-12-23-45-48(41)40-18-6-10-22-44(40)56-45)33-25-27-34(28-26-33)52(42-20-8-4-15-36(42)37-16-5-9-21-43(37)52)35-29-30-39-38-17-7-11-24-46(38)57-47(39)31-35/h1-31H. The van der Waals surface area contributed by atoms with Gasteiger partial charge in [0.05, 0.1) is 5.41 Å². The molecule has 0 bridgehead atoms. The molecule has 0 N–H and O–H groups in total. The van der Waals surface area contributed by atoms with Crippen LogP contribution in [0.2, 0.25) is 0 Å². The zero-order valence-corrected chi connectivity index (χ0v) is 31.4. The second-order valence-corrected chi connectivity index (χ2v) is 15.8. The predicted molar refractivity (Wildman–Crippen MR) is 234 cm³/mol. The Hall–Kier alpha value is -7.21. The van der Waals surface area contributed by atoms with Gasteiger partial charge in [0, 0.05) is 47.6 Å². The molecule has 0 spiro atoms. The van der Waals surface area contributed by atoms with E-state index in [-0.39, 0.29) is 0 Å². The average molecular weight is 746 g/mol. The summed E-state index contributed by atoms with van der Waals surface area (Å²) in [5.74, 6) is 1.84. The largest absolute Gasteiger partial charge is 0.456 e. The molecule has 1 aliphatic carbocycles. The molecule has 12 rings (SSSR count). The Morgan fingerprint density at radius 1 is 0.386 bits per heavy atom. The van der Waals surface area contributed by atoms with E-state index >= 15 is 0 Å². The van der Waals surface area contributed by atoms with Gasteiger partial charge in [0.25, 0.3) is 0 Å². The Bertz CT molecular complexity index is 3320. The zero-order valence-electron chi connectivity index (χ0n) is 30.6. The minimum Gasteiger partial charge on any atom is -0.456 e. The van der Waals surface area contributed by atoms with Crippen molar-refractivity contribution < 1.29 is 4.42 Å². The fraction of sp³-hybridized carbons (Fsp3) is 0.0192. The number of fused-ring (bicyclic) bond motifs is 9. The van der Waals surface area contributed by atoms with Gasteiger partial charge in [-0.05, 0) is 57.6 Å². The number of hydrogen-bond donors (Lipinski definition) is 0. The van der Waals surface area contributed by atoms with Crippen LogP contribution in [0, 0.1) is 0 Å². The average Bonchev–Trinajstić information content (AvgIpc) is 3.95. The Kier molecular flexibility index (Phi) is 6.98. The van der Waals surface area contributed by atoms with E-state index in [0.717, 1.165) is 38.6 Å². The fourth-order valence-electron chi connectivity index (χ4n) is 9.15. The topological polar surface area (TPSA) is 51.8 Å². The van der Waals surface area contributed by atoms with E-state index in [4.69, 9.17) is 19.4 Å². The molecule has 0 atom stereocenters. The lowest BCUT2D eigenvalue weighted by atomic mass is 9.67. The number of benzene rings is 8. The van der Waals surface area contributed by atoms with Gasteiger partial charge in [-0.15, -0.1) is 11.3 Å². The third-order valence-corrected chi connectivity index (χ3v) is 12.8. The van der Waals surface area contributed by atoms with Crippen molar-refractivity contribution in [2.24, 2.45) is 0 Å². The second-order valence-electron chi connectivity index (χ2n) is 14.7. The highest BCUT2D eigenvalue weighted by Crippen LogP contribution is 2.56. The van der Waals surface area contributed by atoms with Crippen molar-refractivity contribution >= 4 is 53.4 Å². The molecule has 0 saturated carbocycles. The highest BCUT2D eigenvalue weighted by molar-refractivity contribution is 7.25. The summed E-state index contributed by atoms with van der Waals surface area (Å²) in [7, 11) is 0. The van der Waals surface area contributed by atoms with E-state index in [0.29, 0.717) is 17.5 Å². The molecule has 57 heavy (non-hydrogen) atoms. The Morgan fingerprint density at radius 2 is 0.947 bits per heavy atom. The molecular weight excluding hydrogens is 715 g/mol. The summed E-state index contributed by atoms with van der Waals surface area (Å²) in [6, 6.07) is 66.9. The summed E-state index contributed by atoms with van der Waals surface area (Å²) in [6.07, 6.45) is 0. The molecule has 0 amide bonds. The first-order chi connectivity index (χ1) is 28.2. The lowest BCUT2D eigenvalue weighted by Crippen LogP contribution is -2.28. The third-order valence-electron chi connectivity index (χ3n) is 11.7. The van der Waals surface area contributed by atoms with Crippen molar-refractivity contribution in [3.8, 4) is 45.3 Å². The molecule has 0 fully saturated rings. The van der Waals surface area contributed by atoms with Crippen LogP contribution in [0.3, 0.4) is 0 Å². The Labute approximate surface area is 332 Å². The van der Waals surface area contributed by atoms with Gasteiger partial charge in [0.2, 0.25) is 0 Å². The number of thiophene rings is 1. The third kappa shape index (κ3) is 4.76. The highest BCUT2D eigenvalue weighted by Gasteiger charge is 2.46. The minimum absolute atomic E-state index is 0.534. The smallest absolute Gasteiger partial charge is 0.164 e. The maximum atomic E-state index is 6.27. The quantitative estimate of drug-likeness (QED) is 0.176. The normalized spacial score (nSPS) is 13.1. The van der Waals surface area contributed by atoms with Crippen molar-refractivity contribution in [1.82, 2.24) is 15.0 Å². The van der Waals surface area contributed by atoms with Crippen LogP contribution in [0.1, 0.15) is 22.3 Å².